The fraction of sp³-hybridized carbons (Fsp3) is 0.278. The number of carbonyl (C=O) groups is 1. The lowest BCUT2D eigenvalue weighted by atomic mass is 9.92. The molecule has 132 valence electrons. The molecule has 0 amide bonds. The van der Waals surface area contributed by atoms with Crippen LogP contribution in [0.5, 0.6) is 28.7 Å². The maximum absolute atomic E-state index is 12.7. The molecule has 1 aliphatic heterocycles. The number of aliphatic hydroxyl groups excluding tert-OH is 1. The van der Waals surface area contributed by atoms with Crippen molar-refractivity contribution in [1.82, 2.24) is 0 Å². The minimum Gasteiger partial charge on any atom is -0.502 e. The van der Waals surface area contributed by atoms with Gasteiger partial charge in [0.2, 0.25) is 11.5 Å². The lowest BCUT2D eigenvalue weighted by Crippen LogP contribution is -2.36. The molecular weight excluding hydrogens is 328 g/mol. The highest BCUT2D eigenvalue weighted by molar-refractivity contribution is 6.06. The van der Waals surface area contributed by atoms with Gasteiger partial charge in [0.1, 0.15) is 17.1 Å². The molecule has 0 spiro atoms. The van der Waals surface area contributed by atoms with Gasteiger partial charge in [-0.25, -0.2) is 0 Å². The van der Waals surface area contributed by atoms with Crippen LogP contribution in [-0.2, 0) is 0 Å². The van der Waals surface area contributed by atoms with Crippen LogP contribution < -0.4 is 18.9 Å². The maximum atomic E-state index is 12.7. The molecule has 2 aromatic rings. The summed E-state index contributed by atoms with van der Waals surface area (Å²) in [7, 11) is 4.23. The molecule has 25 heavy (non-hydrogen) atoms. The Kier molecular flexibility index (Phi) is 4.41. The van der Waals surface area contributed by atoms with Crippen LogP contribution in [0.1, 0.15) is 22.0 Å². The molecule has 0 saturated carbocycles. The van der Waals surface area contributed by atoms with E-state index >= 15 is 0 Å². The summed E-state index contributed by atoms with van der Waals surface area (Å²) in [5, 5.41) is 20.6. The van der Waals surface area contributed by atoms with Gasteiger partial charge in [0.25, 0.3) is 0 Å². The summed E-state index contributed by atoms with van der Waals surface area (Å²) in [6.45, 7) is 0. The summed E-state index contributed by atoms with van der Waals surface area (Å²) in [5.41, 5.74) is 0.594. The van der Waals surface area contributed by atoms with Gasteiger partial charge in [-0.3, -0.25) is 4.79 Å². The van der Waals surface area contributed by atoms with Gasteiger partial charge in [-0.2, -0.15) is 0 Å². The third kappa shape index (κ3) is 2.72. The van der Waals surface area contributed by atoms with Crippen LogP contribution in [-0.4, -0.2) is 43.4 Å². The summed E-state index contributed by atoms with van der Waals surface area (Å²) < 4.78 is 21.1. The molecule has 7 heteroatoms. The number of carbonyl (C=O) groups excluding carboxylic acids is 1. The molecule has 2 atom stereocenters. The zero-order chi connectivity index (χ0) is 18.1. The number of hydrogen-bond donors (Lipinski definition) is 2. The van der Waals surface area contributed by atoms with E-state index in [2.05, 4.69) is 0 Å². The first-order valence-electron chi connectivity index (χ1n) is 7.52. The second kappa shape index (κ2) is 6.52. The number of methoxy groups -OCH3 is 3. The van der Waals surface area contributed by atoms with Crippen molar-refractivity contribution in [3.8, 4) is 28.7 Å². The van der Waals surface area contributed by atoms with Crippen molar-refractivity contribution < 1.29 is 34.0 Å². The second-order valence-corrected chi connectivity index (χ2v) is 5.45. The molecule has 2 aromatic carbocycles. The second-order valence-electron chi connectivity index (χ2n) is 5.45. The quantitative estimate of drug-likeness (QED) is 0.875. The van der Waals surface area contributed by atoms with Crippen molar-refractivity contribution in [2.75, 3.05) is 21.3 Å². The van der Waals surface area contributed by atoms with E-state index in [0.717, 1.165) is 0 Å². The number of fused-ring (bicyclic) bond motifs is 1. The van der Waals surface area contributed by atoms with Crippen LogP contribution >= 0.6 is 0 Å². The van der Waals surface area contributed by atoms with Crippen molar-refractivity contribution in [2.24, 2.45) is 0 Å². The number of Topliss-reactive ketones (excluding diaryl/α,β-unsaturated/α-hetero) is 1. The monoisotopic (exact) mass is 346 g/mol. The van der Waals surface area contributed by atoms with E-state index in [9.17, 15) is 15.0 Å². The van der Waals surface area contributed by atoms with Gasteiger partial charge in [-0.05, 0) is 17.7 Å². The van der Waals surface area contributed by atoms with Crippen LogP contribution in [0, 0.1) is 0 Å². The van der Waals surface area contributed by atoms with E-state index in [1.54, 1.807) is 31.4 Å². The number of ketones is 1. The summed E-state index contributed by atoms with van der Waals surface area (Å²) in [5.74, 6) is -0.0934. The third-order valence-corrected chi connectivity index (χ3v) is 4.11. The first-order valence-corrected chi connectivity index (χ1v) is 7.52. The normalized spacial score (nSPS) is 19.0. The lowest BCUT2D eigenvalue weighted by molar-refractivity contribution is 0.0209. The Morgan fingerprint density at radius 3 is 2.28 bits per heavy atom. The van der Waals surface area contributed by atoms with E-state index < -0.39 is 18.0 Å². The van der Waals surface area contributed by atoms with Crippen molar-refractivity contribution in [2.45, 2.75) is 12.2 Å². The number of rotatable bonds is 4. The molecular formula is C18H18O7. The Hall–Kier alpha value is -2.93. The molecule has 0 bridgehead atoms. The van der Waals surface area contributed by atoms with Crippen LogP contribution in [0.4, 0.5) is 0 Å². The SMILES string of the molecule is COc1ccc(C2Oc3cc(OC)c(O)c(OC)c3C(=O)C2O)cc1. The number of benzene rings is 2. The highest BCUT2D eigenvalue weighted by Crippen LogP contribution is 2.48. The van der Waals surface area contributed by atoms with Gasteiger partial charge in [0, 0.05) is 6.07 Å². The Labute approximate surface area is 144 Å². The van der Waals surface area contributed by atoms with E-state index in [-0.39, 0.29) is 28.6 Å². The average molecular weight is 346 g/mol. The van der Waals surface area contributed by atoms with Crippen LogP contribution in [0.15, 0.2) is 30.3 Å². The number of phenolic OH excluding ortho intramolecular Hbond substituents is 1. The van der Waals surface area contributed by atoms with Gasteiger partial charge in [0.15, 0.2) is 23.7 Å². The topological polar surface area (TPSA) is 94.5 Å². The first kappa shape index (κ1) is 16.9. The van der Waals surface area contributed by atoms with Gasteiger partial charge in [0.05, 0.1) is 21.3 Å². The third-order valence-electron chi connectivity index (χ3n) is 4.11. The molecule has 1 aliphatic rings. The van der Waals surface area contributed by atoms with Crippen LogP contribution in [0.3, 0.4) is 0 Å². The number of hydrogen-bond acceptors (Lipinski definition) is 7. The number of phenols is 1. The summed E-state index contributed by atoms with van der Waals surface area (Å²) in [6.07, 6.45) is -2.34. The molecule has 3 rings (SSSR count). The number of aromatic hydroxyl groups is 1. The van der Waals surface area contributed by atoms with Crippen molar-refractivity contribution >= 4 is 5.78 Å². The van der Waals surface area contributed by atoms with E-state index in [0.29, 0.717) is 11.3 Å². The van der Waals surface area contributed by atoms with Gasteiger partial charge < -0.3 is 29.2 Å². The standard InChI is InChI=1S/C18H18O7/c1-22-10-6-4-9(5-7-10)17-16(21)15(20)13-11(25-17)8-12(23-2)14(19)18(13)24-3/h4-8,16-17,19,21H,1-3H3. The fourth-order valence-corrected chi connectivity index (χ4v) is 2.81. The summed E-state index contributed by atoms with van der Waals surface area (Å²) >= 11 is 0. The van der Waals surface area contributed by atoms with Crippen LogP contribution in [0.25, 0.3) is 0 Å². The molecule has 0 aromatic heterocycles. The first-order chi connectivity index (χ1) is 12.0. The van der Waals surface area contributed by atoms with Crippen molar-refractivity contribution in [3.05, 3.63) is 41.5 Å². The van der Waals surface area contributed by atoms with Crippen molar-refractivity contribution in [3.63, 3.8) is 0 Å². The van der Waals surface area contributed by atoms with Gasteiger partial charge in [-0.15, -0.1) is 0 Å². The lowest BCUT2D eigenvalue weighted by Gasteiger charge is -2.31. The van der Waals surface area contributed by atoms with E-state index in [4.69, 9.17) is 18.9 Å². The van der Waals surface area contributed by atoms with E-state index in [1.807, 2.05) is 0 Å². The minimum absolute atomic E-state index is 0.0157. The smallest absolute Gasteiger partial charge is 0.203 e. The molecule has 2 unspecified atom stereocenters. The predicted molar refractivity (Wildman–Crippen MR) is 87.9 cm³/mol. The summed E-state index contributed by atoms with van der Waals surface area (Å²) in [6, 6.07) is 8.24. The zero-order valence-corrected chi connectivity index (χ0v) is 14.0. The molecule has 0 fully saturated rings. The Morgan fingerprint density at radius 2 is 1.72 bits per heavy atom. The Balaban J connectivity index is 2.08. The molecule has 0 radical (unpaired) electrons. The van der Waals surface area contributed by atoms with Gasteiger partial charge >= 0.3 is 0 Å². The maximum Gasteiger partial charge on any atom is 0.203 e. The average Bonchev–Trinajstić information content (AvgIpc) is 2.64. The van der Waals surface area contributed by atoms with Crippen LogP contribution in [0.2, 0.25) is 0 Å². The number of ether oxygens (including phenoxy) is 4. The zero-order valence-electron chi connectivity index (χ0n) is 14.0. The largest absolute Gasteiger partial charge is 0.502 e. The summed E-state index contributed by atoms with van der Waals surface area (Å²) in [4.78, 5) is 12.7. The molecule has 7 nitrogen and oxygen atoms in total. The minimum atomic E-state index is -1.44. The Bertz CT molecular complexity index is 798. The molecule has 2 N–H and O–H groups in total. The van der Waals surface area contributed by atoms with Gasteiger partial charge in [-0.1, -0.05) is 12.1 Å². The molecule has 0 aliphatic carbocycles. The fourth-order valence-electron chi connectivity index (χ4n) is 2.81. The van der Waals surface area contributed by atoms with Crippen molar-refractivity contribution in [1.29, 1.82) is 0 Å². The van der Waals surface area contributed by atoms with E-state index in [1.165, 1.54) is 20.3 Å². The highest BCUT2D eigenvalue weighted by Gasteiger charge is 2.40. The predicted octanol–water partition coefficient (Wildman–Crippen LogP) is 2.10. The molecule has 1 heterocycles. The number of aliphatic hydroxyl groups is 1. The Morgan fingerprint density at radius 1 is 1.04 bits per heavy atom. The highest BCUT2D eigenvalue weighted by atomic mass is 16.5. The molecule has 0 saturated heterocycles.